The third-order valence-electron chi connectivity index (χ3n) is 14.4. The van der Waals surface area contributed by atoms with Gasteiger partial charge in [0.15, 0.2) is 0 Å². The summed E-state index contributed by atoms with van der Waals surface area (Å²) in [5.41, 5.74) is 21.2. The van der Waals surface area contributed by atoms with E-state index in [2.05, 4.69) is 181 Å². The number of fused-ring (bicyclic) bond motifs is 2. The van der Waals surface area contributed by atoms with Crippen LogP contribution in [0.15, 0.2) is 170 Å². The highest BCUT2D eigenvalue weighted by Crippen LogP contribution is 2.32. The number of amides is 2. The summed E-state index contributed by atoms with van der Waals surface area (Å²) in [5.74, 6) is 0.0686. The van der Waals surface area contributed by atoms with Crippen LogP contribution >= 0.6 is 0 Å². The molecular formula is C64H66N6O2. The molecule has 0 bridgehead atoms. The highest BCUT2D eigenvalue weighted by atomic mass is 16.2. The van der Waals surface area contributed by atoms with Crippen LogP contribution in [-0.4, -0.2) is 34.9 Å². The van der Waals surface area contributed by atoms with Crippen molar-refractivity contribution in [3.63, 3.8) is 0 Å². The zero-order valence-electron chi connectivity index (χ0n) is 42.6. The molecule has 0 saturated carbocycles. The average molecular weight is 951 g/mol. The van der Waals surface area contributed by atoms with E-state index in [0.717, 1.165) is 83.8 Å². The second-order valence-electron chi connectivity index (χ2n) is 19.6. The van der Waals surface area contributed by atoms with Crippen LogP contribution in [0.5, 0.6) is 0 Å². The molecule has 8 nitrogen and oxygen atoms in total. The van der Waals surface area contributed by atoms with Crippen LogP contribution in [0.25, 0.3) is 0 Å². The lowest BCUT2D eigenvalue weighted by atomic mass is 9.91. The van der Waals surface area contributed by atoms with Crippen molar-refractivity contribution in [3.8, 4) is 0 Å². The summed E-state index contributed by atoms with van der Waals surface area (Å²) < 4.78 is 0. The fourth-order valence-electron chi connectivity index (χ4n) is 10.6. The van der Waals surface area contributed by atoms with Gasteiger partial charge in [-0.15, -0.1) is 0 Å². The standard InChI is InChI=1S/2C32H33N3O/c1-22-14-15-28(23(2)19-22)32(26-9-5-4-6-10-26)34-31(36)20-27-12-7-11-25-16-18-35(21-29(25)27)30-13-8-17-33-24(30)3;1-22-11-14-29(23(2)18-22)32(26-8-5-4-6-9-26)34-31(36)20-25-12-13-28-21-35(17-15-27(28)19-25)30-10-7-16-33-24(30)3/h4-15,17,19,32H,16,18,20-21H2,1-3H3,(H,34,36);4-14,16,18-19,32H,15,17,20-21H2,1-3H3,(H,34,36). The minimum absolute atomic E-state index is 0.0342. The summed E-state index contributed by atoms with van der Waals surface area (Å²) in [4.78, 5) is 40.5. The third-order valence-corrected chi connectivity index (χ3v) is 14.4. The molecule has 8 aromatic rings. The number of nitrogens with zero attached hydrogens (tertiary/aromatic N) is 4. The average Bonchev–Trinajstić information content (AvgIpc) is 3.38. The van der Waals surface area contributed by atoms with Crippen molar-refractivity contribution in [3.05, 3.63) is 259 Å². The Hall–Kier alpha value is -7.84. The maximum Gasteiger partial charge on any atom is 0.225 e. The highest BCUT2D eigenvalue weighted by molar-refractivity contribution is 5.81. The Kier molecular flexibility index (Phi) is 15.4. The van der Waals surface area contributed by atoms with Crippen molar-refractivity contribution in [1.29, 1.82) is 0 Å². The summed E-state index contributed by atoms with van der Waals surface area (Å²) in [7, 11) is 0. The Bertz CT molecular complexity index is 3190. The lowest BCUT2D eigenvalue weighted by Crippen LogP contribution is -2.34. The first kappa shape index (κ1) is 49.2. The molecule has 2 unspecified atom stereocenters. The number of aryl methyl sites for hydroxylation is 6. The zero-order valence-corrected chi connectivity index (χ0v) is 42.6. The molecule has 0 saturated heterocycles. The highest BCUT2D eigenvalue weighted by Gasteiger charge is 2.25. The van der Waals surface area contributed by atoms with E-state index in [1.807, 2.05) is 60.9 Å². The summed E-state index contributed by atoms with van der Waals surface area (Å²) in [6.45, 7) is 16.1. The summed E-state index contributed by atoms with van der Waals surface area (Å²) >= 11 is 0. The summed E-state index contributed by atoms with van der Waals surface area (Å²) in [6.07, 6.45) is 6.34. The number of rotatable bonds is 12. The number of pyridine rings is 2. The fraction of sp³-hybridized carbons (Fsp3) is 0.250. The molecule has 0 aliphatic carbocycles. The molecule has 2 atom stereocenters. The van der Waals surface area contributed by atoms with Crippen molar-refractivity contribution >= 4 is 23.2 Å². The van der Waals surface area contributed by atoms with Gasteiger partial charge in [0.25, 0.3) is 0 Å². The molecule has 72 heavy (non-hydrogen) atoms. The molecule has 2 amide bonds. The minimum Gasteiger partial charge on any atom is -0.365 e. The number of benzene rings is 6. The van der Waals surface area contributed by atoms with Crippen molar-refractivity contribution < 1.29 is 9.59 Å². The van der Waals surface area contributed by atoms with E-state index in [-0.39, 0.29) is 23.9 Å². The van der Waals surface area contributed by atoms with Crippen LogP contribution in [0, 0.1) is 41.5 Å². The first-order valence-electron chi connectivity index (χ1n) is 25.3. The third kappa shape index (κ3) is 11.7. The molecule has 2 aliphatic heterocycles. The second-order valence-corrected chi connectivity index (χ2v) is 19.6. The van der Waals surface area contributed by atoms with Gasteiger partial charge in [-0.3, -0.25) is 19.6 Å². The van der Waals surface area contributed by atoms with Gasteiger partial charge in [-0.2, -0.15) is 0 Å². The van der Waals surface area contributed by atoms with Crippen LogP contribution in [0.1, 0.15) is 101 Å². The molecule has 2 N–H and O–H groups in total. The van der Waals surface area contributed by atoms with Gasteiger partial charge >= 0.3 is 0 Å². The van der Waals surface area contributed by atoms with Gasteiger partial charge in [0.1, 0.15) is 0 Å². The van der Waals surface area contributed by atoms with E-state index in [1.54, 1.807) is 0 Å². The summed E-state index contributed by atoms with van der Waals surface area (Å²) in [6, 6.07) is 54.2. The topological polar surface area (TPSA) is 90.5 Å². The van der Waals surface area contributed by atoms with E-state index in [4.69, 9.17) is 0 Å². The Morgan fingerprint density at radius 1 is 0.500 bits per heavy atom. The van der Waals surface area contributed by atoms with Gasteiger partial charge in [0.05, 0.1) is 47.7 Å². The van der Waals surface area contributed by atoms with E-state index in [9.17, 15) is 9.59 Å². The minimum atomic E-state index is -0.187. The number of nitrogens with one attached hydrogen (secondary N) is 2. The van der Waals surface area contributed by atoms with Crippen LogP contribution in [-0.2, 0) is 48.4 Å². The van der Waals surface area contributed by atoms with Gasteiger partial charge in [-0.05, 0) is 145 Å². The number of anilines is 2. The van der Waals surface area contributed by atoms with Gasteiger partial charge in [-0.25, -0.2) is 0 Å². The smallest absolute Gasteiger partial charge is 0.225 e. The van der Waals surface area contributed by atoms with Crippen molar-refractivity contribution in [2.75, 3.05) is 22.9 Å². The molecule has 10 rings (SSSR count). The number of hydrogen-bond donors (Lipinski definition) is 2. The molecule has 0 fully saturated rings. The van der Waals surface area contributed by atoms with Gasteiger partial charge in [-0.1, -0.05) is 145 Å². The van der Waals surface area contributed by atoms with E-state index in [1.165, 1.54) is 55.9 Å². The molecular weight excluding hydrogens is 885 g/mol. The molecule has 2 aromatic heterocycles. The summed E-state index contributed by atoms with van der Waals surface area (Å²) in [5, 5.41) is 6.67. The van der Waals surface area contributed by atoms with Crippen molar-refractivity contribution in [1.82, 2.24) is 20.6 Å². The Morgan fingerprint density at radius 2 is 1.03 bits per heavy atom. The fourth-order valence-corrected chi connectivity index (χ4v) is 10.6. The first-order chi connectivity index (χ1) is 35.0. The maximum atomic E-state index is 13.5. The molecule has 2 aliphatic rings. The van der Waals surface area contributed by atoms with Crippen LogP contribution in [0.4, 0.5) is 11.4 Å². The number of carbonyl (C=O) groups is 2. The number of hydrogen-bond acceptors (Lipinski definition) is 6. The monoisotopic (exact) mass is 951 g/mol. The predicted molar refractivity (Wildman–Crippen MR) is 292 cm³/mol. The van der Waals surface area contributed by atoms with Gasteiger partial charge in [0.2, 0.25) is 11.8 Å². The maximum absolute atomic E-state index is 13.5. The van der Waals surface area contributed by atoms with E-state index < -0.39 is 0 Å². The lowest BCUT2D eigenvalue weighted by molar-refractivity contribution is -0.121. The second kappa shape index (κ2) is 22.5. The van der Waals surface area contributed by atoms with Crippen LogP contribution in [0.2, 0.25) is 0 Å². The Balaban J connectivity index is 0.000000178. The van der Waals surface area contributed by atoms with Gasteiger partial charge in [0, 0.05) is 38.6 Å². The SMILES string of the molecule is Cc1ccc(C(NC(=O)Cc2ccc3c(c2)CCN(c2cccnc2C)C3)c2ccccc2)c(C)c1.Cc1ccc(C(NC(=O)Cc2cccc3c2CN(c2cccnc2C)CC3)c2ccccc2)c(C)c1. The Morgan fingerprint density at radius 3 is 1.57 bits per heavy atom. The lowest BCUT2D eigenvalue weighted by Gasteiger charge is -2.33. The van der Waals surface area contributed by atoms with E-state index in [0.29, 0.717) is 12.8 Å². The van der Waals surface area contributed by atoms with E-state index >= 15 is 0 Å². The predicted octanol–water partition coefficient (Wildman–Crippen LogP) is 12.0. The normalized spacial score (nSPS) is 13.7. The van der Waals surface area contributed by atoms with Crippen molar-refractivity contribution in [2.24, 2.45) is 0 Å². The largest absolute Gasteiger partial charge is 0.365 e. The molecule has 6 aromatic carbocycles. The zero-order chi connectivity index (χ0) is 50.1. The van der Waals surface area contributed by atoms with Crippen LogP contribution < -0.4 is 20.4 Å². The number of carbonyl (C=O) groups excluding carboxylic acids is 2. The quantitative estimate of drug-likeness (QED) is 0.127. The molecule has 8 heteroatoms. The first-order valence-corrected chi connectivity index (χ1v) is 25.3. The molecule has 0 radical (unpaired) electrons. The van der Waals surface area contributed by atoms with Gasteiger partial charge < -0.3 is 20.4 Å². The Labute approximate surface area is 426 Å². The van der Waals surface area contributed by atoms with Crippen LogP contribution in [0.3, 0.4) is 0 Å². The molecule has 364 valence electrons. The molecule has 4 heterocycles. The number of aromatic nitrogens is 2. The van der Waals surface area contributed by atoms with Crippen molar-refractivity contribution in [2.45, 2.75) is 92.4 Å². The molecule has 0 spiro atoms.